The van der Waals surface area contributed by atoms with E-state index in [0.717, 1.165) is 30.6 Å². The lowest BCUT2D eigenvalue weighted by Crippen LogP contribution is -2.41. The van der Waals surface area contributed by atoms with E-state index in [1.54, 1.807) is 4.90 Å². The number of rotatable bonds is 6. The van der Waals surface area contributed by atoms with Crippen LogP contribution in [0.25, 0.3) is 0 Å². The number of likely N-dealkylation sites (tertiary alicyclic amines) is 1. The fourth-order valence-corrected chi connectivity index (χ4v) is 4.01. The number of benzene rings is 1. The highest BCUT2D eigenvalue weighted by Crippen LogP contribution is 2.48. The number of carbonyl (C=O) groups is 2. The lowest BCUT2D eigenvalue weighted by atomic mass is 9.81. The van der Waals surface area contributed by atoms with Crippen molar-refractivity contribution in [3.8, 4) is 5.75 Å². The molecule has 1 saturated heterocycles. The zero-order valence-electron chi connectivity index (χ0n) is 14.7. The Morgan fingerprint density at radius 3 is 2.76 bits per heavy atom. The van der Waals surface area contributed by atoms with Gasteiger partial charge >= 0.3 is 12.0 Å². The van der Waals surface area contributed by atoms with Crippen LogP contribution in [0.2, 0.25) is 0 Å². The molecular weight excluding hydrogens is 320 g/mol. The Morgan fingerprint density at radius 2 is 2.12 bits per heavy atom. The highest BCUT2D eigenvalue weighted by molar-refractivity contribution is 5.80. The summed E-state index contributed by atoms with van der Waals surface area (Å²) in [6.45, 7) is 4.04. The quantitative estimate of drug-likeness (QED) is 0.830. The van der Waals surface area contributed by atoms with Crippen LogP contribution in [0.3, 0.4) is 0 Å². The van der Waals surface area contributed by atoms with Crippen LogP contribution in [0.1, 0.15) is 38.2 Å². The van der Waals surface area contributed by atoms with Gasteiger partial charge in [-0.2, -0.15) is 0 Å². The van der Waals surface area contributed by atoms with Crippen molar-refractivity contribution < 1.29 is 19.4 Å². The molecule has 2 N–H and O–H groups in total. The predicted octanol–water partition coefficient (Wildman–Crippen LogP) is 2.87. The van der Waals surface area contributed by atoms with Crippen molar-refractivity contribution in [2.45, 2.75) is 39.2 Å². The number of fused-ring (bicyclic) bond motifs is 1. The lowest BCUT2D eigenvalue weighted by Gasteiger charge is -2.23. The van der Waals surface area contributed by atoms with Crippen molar-refractivity contribution in [2.75, 3.05) is 19.7 Å². The normalized spacial score (nSPS) is 24.8. The van der Waals surface area contributed by atoms with E-state index in [1.165, 1.54) is 0 Å². The summed E-state index contributed by atoms with van der Waals surface area (Å²) < 4.78 is 5.54. The van der Waals surface area contributed by atoms with E-state index in [2.05, 4.69) is 12.2 Å². The highest BCUT2D eigenvalue weighted by atomic mass is 16.5. The van der Waals surface area contributed by atoms with Gasteiger partial charge in [-0.1, -0.05) is 25.5 Å². The van der Waals surface area contributed by atoms with Gasteiger partial charge in [0.2, 0.25) is 0 Å². The second-order valence-electron chi connectivity index (χ2n) is 7.08. The minimum atomic E-state index is -0.757. The maximum atomic E-state index is 12.4. The molecule has 0 spiro atoms. The fourth-order valence-electron chi connectivity index (χ4n) is 4.01. The summed E-state index contributed by atoms with van der Waals surface area (Å²) in [5.41, 5.74) is 0.264. The predicted molar refractivity (Wildman–Crippen MR) is 93.4 cm³/mol. The van der Waals surface area contributed by atoms with Crippen LogP contribution >= 0.6 is 0 Å². The number of hydrogen-bond donors (Lipinski definition) is 2. The summed E-state index contributed by atoms with van der Waals surface area (Å²) in [6, 6.07) is 7.49. The number of carboxylic acid groups (broad SMARTS) is 1. The molecular formula is C19H26N2O4. The molecule has 1 aromatic rings. The molecule has 1 saturated carbocycles. The molecule has 1 aromatic carbocycles. The van der Waals surface area contributed by atoms with Crippen molar-refractivity contribution >= 4 is 12.0 Å². The molecule has 0 radical (unpaired) electrons. The Bertz CT molecular complexity index is 631. The molecule has 3 rings (SSSR count). The summed E-state index contributed by atoms with van der Waals surface area (Å²) >= 11 is 0. The third-order valence-electron chi connectivity index (χ3n) is 5.42. The van der Waals surface area contributed by atoms with Gasteiger partial charge in [-0.15, -0.1) is 0 Å². The number of ether oxygens (including phenoxy) is 1. The second-order valence-corrected chi connectivity index (χ2v) is 7.08. The SMILES string of the molecule is CCCOc1ccc(CNC(=O)N2C[C@@H]3CCC[C@@]3(C(=O)O)C2)cc1. The first-order valence-corrected chi connectivity index (χ1v) is 9.03. The van der Waals surface area contributed by atoms with E-state index in [1.807, 2.05) is 24.3 Å². The second kappa shape index (κ2) is 7.33. The van der Waals surface area contributed by atoms with E-state index < -0.39 is 11.4 Å². The van der Waals surface area contributed by atoms with Crippen LogP contribution in [-0.4, -0.2) is 41.7 Å². The van der Waals surface area contributed by atoms with Gasteiger partial charge in [0.05, 0.1) is 12.0 Å². The minimum Gasteiger partial charge on any atom is -0.494 e. The monoisotopic (exact) mass is 346 g/mol. The molecule has 6 nitrogen and oxygen atoms in total. The molecule has 0 aromatic heterocycles. The van der Waals surface area contributed by atoms with Crippen molar-refractivity contribution in [1.29, 1.82) is 0 Å². The minimum absolute atomic E-state index is 0.0887. The van der Waals surface area contributed by atoms with Gasteiger partial charge in [-0.25, -0.2) is 4.79 Å². The number of aliphatic carboxylic acids is 1. The summed E-state index contributed by atoms with van der Waals surface area (Å²) in [7, 11) is 0. The highest BCUT2D eigenvalue weighted by Gasteiger charge is 2.55. The topological polar surface area (TPSA) is 78.9 Å². The Labute approximate surface area is 148 Å². The first kappa shape index (κ1) is 17.6. The van der Waals surface area contributed by atoms with Crippen LogP contribution in [0.15, 0.2) is 24.3 Å². The first-order chi connectivity index (χ1) is 12.0. The van der Waals surface area contributed by atoms with Crippen molar-refractivity contribution in [1.82, 2.24) is 10.2 Å². The number of hydrogen-bond acceptors (Lipinski definition) is 3. The van der Waals surface area contributed by atoms with Gasteiger partial charge in [0.15, 0.2) is 0 Å². The Hall–Kier alpha value is -2.24. The van der Waals surface area contributed by atoms with E-state index in [0.29, 0.717) is 32.7 Å². The molecule has 2 aliphatic rings. The van der Waals surface area contributed by atoms with Crippen molar-refractivity contribution in [3.05, 3.63) is 29.8 Å². The van der Waals surface area contributed by atoms with Crippen molar-refractivity contribution in [3.63, 3.8) is 0 Å². The van der Waals surface area contributed by atoms with Gasteiger partial charge in [0, 0.05) is 19.6 Å². The molecule has 25 heavy (non-hydrogen) atoms. The third-order valence-corrected chi connectivity index (χ3v) is 5.42. The van der Waals surface area contributed by atoms with Gasteiger partial charge < -0.3 is 20.1 Å². The van der Waals surface area contributed by atoms with Crippen LogP contribution in [-0.2, 0) is 11.3 Å². The van der Waals surface area contributed by atoms with E-state index in [-0.39, 0.29) is 11.9 Å². The van der Waals surface area contributed by atoms with Gasteiger partial charge in [0.1, 0.15) is 5.75 Å². The molecule has 0 unspecified atom stereocenters. The number of urea groups is 1. The van der Waals surface area contributed by atoms with E-state index in [4.69, 9.17) is 4.74 Å². The number of nitrogens with zero attached hydrogens (tertiary/aromatic N) is 1. The Balaban J connectivity index is 1.52. The molecule has 0 bridgehead atoms. The maximum absolute atomic E-state index is 12.4. The number of carbonyl (C=O) groups excluding carboxylic acids is 1. The Kier molecular flexibility index (Phi) is 5.16. The van der Waals surface area contributed by atoms with Crippen molar-refractivity contribution in [2.24, 2.45) is 11.3 Å². The fraction of sp³-hybridized carbons (Fsp3) is 0.579. The van der Waals surface area contributed by atoms with E-state index >= 15 is 0 Å². The van der Waals surface area contributed by atoms with Crippen LogP contribution in [0, 0.1) is 11.3 Å². The summed E-state index contributed by atoms with van der Waals surface area (Å²) in [6.07, 6.45) is 3.48. The molecule has 1 heterocycles. The molecule has 136 valence electrons. The zero-order valence-corrected chi connectivity index (χ0v) is 14.7. The van der Waals surface area contributed by atoms with Gasteiger partial charge in [0.25, 0.3) is 0 Å². The largest absolute Gasteiger partial charge is 0.494 e. The third kappa shape index (κ3) is 3.57. The molecule has 6 heteroatoms. The lowest BCUT2D eigenvalue weighted by molar-refractivity contribution is -0.149. The summed E-state index contributed by atoms with van der Waals surface area (Å²) in [5.74, 6) is 0.159. The van der Waals surface area contributed by atoms with Crippen LogP contribution in [0.4, 0.5) is 4.79 Å². The van der Waals surface area contributed by atoms with E-state index in [9.17, 15) is 14.7 Å². The molecule has 1 aliphatic carbocycles. The average molecular weight is 346 g/mol. The summed E-state index contributed by atoms with van der Waals surface area (Å²) in [4.78, 5) is 25.8. The maximum Gasteiger partial charge on any atom is 0.317 e. The molecule has 2 atom stereocenters. The van der Waals surface area contributed by atoms with Crippen LogP contribution < -0.4 is 10.1 Å². The summed E-state index contributed by atoms with van der Waals surface area (Å²) in [5, 5.41) is 12.5. The number of carboxylic acids is 1. The zero-order chi connectivity index (χ0) is 17.9. The first-order valence-electron chi connectivity index (χ1n) is 9.03. The number of nitrogens with one attached hydrogen (secondary N) is 1. The molecule has 2 amide bonds. The number of amides is 2. The standard InChI is InChI=1S/C19H26N2O4/c1-2-10-25-16-7-5-14(6-8-16)11-20-18(24)21-12-15-4-3-9-19(15,13-21)17(22)23/h5-8,15H,2-4,9-13H2,1H3,(H,20,24)(H,22,23)/t15-,19+/m0/s1. The molecule has 2 fully saturated rings. The molecule has 1 aliphatic heterocycles. The Morgan fingerprint density at radius 1 is 1.36 bits per heavy atom. The average Bonchev–Trinajstić information content (AvgIpc) is 3.17. The van der Waals surface area contributed by atoms with Crippen LogP contribution in [0.5, 0.6) is 5.75 Å². The smallest absolute Gasteiger partial charge is 0.317 e. The van der Waals surface area contributed by atoms with Gasteiger partial charge in [-0.05, 0) is 42.9 Å². The van der Waals surface area contributed by atoms with Gasteiger partial charge in [-0.3, -0.25) is 4.79 Å².